The molecule has 5 heteroatoms. The van der Waals surface area contributed by atoms with Crippen LogP contribution in [0.2, 0.25) is 0 Å². The molecular formula is C12H20N2O3. The Morgan fingerprint density at radius 1 is 1.12 bits per heavy atom. The molecule has 0 bridgehead atoms. The van der Waals surface area contributed by atoms with E-state index in [1.807, 2.05) is 7.05 Å². The van der Waals surface area contributed by atoms with Crippen molar-refractivity contribution in [1.29, 1.82) is 0 Å². The second-order valence-electron chi connectivity index (χ2n) is 5.21. The topological polar surface area (TPSA) is 60.9 Å². The smallest absolute Gasteiger partial charge is 0.308 e. The molecule has 0 saturated carbocycles. The number of hydrogen-bond acceptors (Lipinski definition) is 3. The van der Waals surface area contributed by atoms with Gasteiger partial charge in [0.2, 0.25) is 5.91 Å². The van der Waals surface area contributed by atoms with Crippen LogP contribution >= 0.6 is 0 Å². The number of amides is 1. The molecule has 0 aromatic heterocycles. The summed E-state index contributed by atoms with van der Waals surface area (Å²) in [6.45, 7) is 2.87. The van der Waals surface area contributed by atoms with Crippen molar-refractivity contribution in [2.45, 2.75) is 19.3 Å². The average Bonchev–Trinajstić information content (AvgIpc) is 2.77. The van der Waals surface area contributed by atoms with Crippen molar-refractivity contribution in [2.24, 2.45) is 11.8 Å². The number of piperidine rings is 1. The summed E-state index contributed by atoms with van der Waals surface area (Å²) in [5.74, 6) is -0.914. The first-order valence-corrected chi connectivity index (χ1v) is 6.28. The van der Waals surface area contributed by atoms with E-state index in [2.05, 4.69) is 4.90 Å². The number of likely N-dealkylation sites (tertiary alicyclic amines) is 2. The van der Waals surface area contributed by atoms with E-state index in [0.29, 0.717) is 19.5 Å². The molecule has 0 radical (unpaired) electrons. The lowest BCUT2D eigenvalue weighted by Crippen LogP contribution is -2.43. The minimum Gasteiger partial charge on any atom is -0.481 e. The van der Waals surface area contributed by atoms with Crippen LogP contribution in [0.15, 0.2) is 0 Å². The third kappa shape index (κ3) is 2.77. The van der Waals surface area contributed by atoms with E-state index in [0.717, 1.165) is 25.9 Å². The number of carbonyl (C=O) groups is 2. The van der Waals surface area contributed by atoms with Gasteiger partial charge >= 0.3 is 5.97 Å². The van der Waals surface area contributed by atoms with Gasteiger partial charge in [-0.2, -0.15) is 0 Å². The number of hydrogen-bond donors (Lipinski definition) is 1. The molecule has 2 saturated heterocycles. The van der Waals surface area contributed by atoms with E-state index >= 15 is 0 Å². The summed E-state index contributed by atoms with van der Waals surface area (Å²) in [5, 5.41) is 8.92. The van der Waals surface area contributed by atoms with Crippen LogP contribution < -0.4 is 0 Å². The minimum atomic E-state index is -0.777. The van der Waals surface area contributed by atoms with Gasteiger partial charge in [-0.05, 0) is 32.9 Å². The quantitative estimate of drug-likeness (QED) is 0.752. The summed E-state index contributed by atoms with van der Waals surface area (Å²) in [4.78, 5) is 27.0. The van der Waals surface area contributed by atoms with E-state index in [-0.39, 0.29) is 17.7 Å². The number of carbonyl (C=O) groups excluding carboxylic acids is 1. The second kappa shape index (κ2) is 5.04. The zero-order chi connectivity index (χ0) is 12.4. The molecule has 96 valence electrons. The predicted octanol–water partition coefficient (Wildman–Crippen LogP) is 0.261. The summed E-state index contributed by atoms with van der Waals surface area (Å²) < 4.78 is 0. The van der Waals surface area contributed by atoms with Gasteiger partial charge in [0.15, 0.2) is 0 Å². The summed E-state index contributed by atoms with van der Waals surface area (Å²) in [7, 11) is 2.03. The first-order valence-electron chi connectivity index (χ1n) is 6.28. The van der Waals surface area contributed by atoms with Crippen LogP contribution in [0.1, 0.15) is 19.3 Å². The van der Waals surface area contributed by atoms with Crippen LogP contribution in [-0.2, 0) is 9.59 Å². The van der Waals surface area contributed by atoms with Crippen LogP contribution in [0.3, 0.4) is 0 Å². The van der Waals surface area contributed by atoms with Crippen LogP contribution in [0, 0.1) is 11.8 Å². The second-order valence-corrected chi connectivity index (χ2v) is 5.21. The lowest BCUT2D eigenvalue weighted by atomic mass is 9.97. The Kier molecular flexibility index (Phi) is 3.66. The largest absolute Gasteiger partial charge is 0.481 e. The van der Waals surface area contributed by atoms with E-state index in [4.69, 9.17) is 5.11 Å². The first kappa shape index (κ1) is 12.4. The van der Waals surface area contributed by atoms with Gasteiger partial charge in [0, 0.05) is 19.6 Å². The molecule has 2 rings (SSSR count). The Bertz CT molecular complexity index is 319. The highest BCUT2D eigenvalue weighted by Gasteiger charge is 2.34. The van der Waals surface area contributed by atoms with Crippen molar-refractivity contribution in [1.82, 2.24) is 9.80 Å². The molecule has 2 atom stereocenters. The van der Waals surface area contributed by atoms with Crippen LogP contribution in [0.25, 0.3) is 0 Å². The molecule has 0 unspecified atom stereocenters. The molecule has 2 fully saturated rings. The third-order valence-electron chi connectivity index (χ3n) is 3.82. The molecular weight excluding hydrogens is 220 g/mol. The van der Waals surface area contributed by atoms with Gasteiger partial charge in [-0.25, -0.2) is 0 Å². The molecule has 0 aromatic carbocycles. The minimum absolute atomic E-state index is 0.0706. The summed E-state index contributed by atoms with van der Waals surface area (Å²) in [6, 6.07) is 0. The molecule has 2 heterocycles. The Hall–Kier alpha value is -1.10. The number of nitrogens with zero attached hydrogens (tertiary/aromatic N) is 2. The fourth-order valence-electron chi connectivity index (χ4n) is 2.79. The van der Waals surface area contributed by atoms with E-state index < -0.39 is 5.97 Å². The maximum atomic E-state index is 12.2. The van der Waals surface area contributed by atoms with E-state index in [9.17, 15) is 9.59 Å². The summed E-state index contributed by atoms with van der Waals surface area (Å²) in [5.41, 5.74) is 0. The van der Waals surface area contributed by atoms with Gasteiger partial charge in [-0.1, -0.05) is 0 Å². The van der Waals surface area contributed by atoms with Crippen molar-refractivity contribution in [3.05, 3.63) is 0 Å². The predicted molar refractivity (Wildman–Crippen MR) is 62.5 cm³/mol. The molecule has 1 amide bonds. The van der Waals surface area contributed by atoms with Crippen molar-refractivity contribution in [2.75, 3.05) is 33.2 Å². The molecule has 5 nitrogen and oxygen atoms in total. The van der Waals surface area contributed by atoms with Crippen LogP contribution in [0.5, 0.6) is 0 Å². The maximum Gasteiger partial charge on any atom is 0.308 e. The molecule has 2 aliphatic heterocycles. The third-order valence-corrected chi connectivity index (χ3v) is 3.82. The number of carboxylic acid groups (broad SMARTS) is 1. The lowest BCUT2D eigenvalue weighted by Gasteiger charge is -2.31. The normalized spacial score (nSPS) is 30.5. The zero-order valence-corrected chi connectivity index (χ0v) is 10.3. The van der Waals surface area contributed by atoms with Crippen molar-refractivity contribution >= 4 is 11.9 Å². The van der Waals surface area contributed by atoms with Gasteiger partial charge in [0.05, 0.1) is 11.8 Å². The highest BCUT2D eigenvalue weighted by Crippen LogP contribution is 2.22. The Morgan fingerprint density at radius 2 is 1.88 bits per heavy atom. The summed E-state index contributed by atoms with van der Waals surface area (Å²) in [6.07, 6.45) is 2.60. The van der Waals surface area contributed by atoms with Crippen molar-refractivity contribution in [3.8, 4) is 0 Å². The summed E-state index contributed by atoms with van der Waals surface area (Å²) >= 11 is 0. The zero-order valence-electron chi connectivity index (χ0n) is 10.3. The standard InChI is InChI=1S/C12H20N2O3/c1-13-5-2-3-9(7-13)11(15)14-6-4-10(8-14)12(16)17/h9-10H,2-8H2,1H3,(H,16,17)/t9-,10-/m0/s1. The number of rotatable bonds is 2. The Balaban J connectivity index is 1.90. The van der Waals surface area contributed by atoms with Gasteiger partial charge in [-0.15, -0.1) is 0 Å². The van der Waals surface area contributed by atoms with Gasteiger partial charge in [0.25, 0.3) is 0 Å². The molecule has 0 aromatic rings. The van der Waals surface area contributed by atoms with E-state index in [1.54, 1.807) is 4.90 Å². The first-order chi connectivity index (χ1) is 8.08. The van der Waals surface area contributed by atoms with Crippen molar-refractivity contribution in [3.63, 3.8) is 0 Å². The van der Waals surface area contributed by atoms with Crippen molar-refractivity contribution < 1.29 is 14.7 Å². The van der Waals surface area contributed by atoms with Crippen LogP contribution in [-0.4, -0.2) is 60.0 Å². The SMILES string of the molecule is CN1CCC[C@H](C(=O)N2CC[C@H](C(=O)O)C2)C1. The van der Waals surface area contributed by atoms with Crippen LogP contribution in [0.4, 0.5) is 0 Å². The Morgan fingerprint density at radius 3 is 2.47 bits per heavy atom. The monoisotopic (exact) mass is 240 g/mol. The Labute approximate surface area is 101 Å². The fourth-order valence-corrected chi connectivity index (χ4v) is 2.79. The number of carboxylic acids is 1. The van der Waals surface area contributed by atoms with Gasteiger partial charge < -0.3 is 14.9 Å². The van der Waals surface area contributed by atoms with Gasteiger partial charge in [0.1, 0.15) is 0 Å². The molecule has 1 N–H and O–H groups in total. The molecule has 17 heavy (non-hydrogen) atoms. The molecule has 0 spiro atoms. The fraction of sp³-hybridized carbons (Fsp3) is 0.833. The lowest BCUT2D eigenvalue weighted by molar-refractivity contribution is -0.141. The van der Waals surface area contributed by atoms with E-state index in [1.165, 1.54) is 0 Å². The highest BCUT2D eigenvalue weighted by molar-refractivity contribution is 5.81. The highest BCUT2D eigenvalue weighted by atomic mass is 16.4. The van der Waals surface area contributed by atoms with Gasteiger partial charge in [-0.3, -0.25) is 9.59 Å². The molecule has 2 aliphatic rings. The maximum absolute atomic E-state index is 12.2. The number of aliphatic carboxylic acids is 1. The average molecular weight is 240 g/mol. The molecule has 0 aliphatic carbocycles.